The number of nitrogens with zero attached hydrogens (tertiary/aromatic N) is 2. The number of hydrogen-bond donors (Lipinski definition) is 1. The molecule has 0 bridgehead atoms. The van der Waals surface area contributed by atoms with E-state index in [1.165, 1.54) is 0 Å². The van der Waals surface area contributed by atoms with E-state index >= 15 is 0 Å². The molecule has 178 valence electrons. The van der Waals surface area contributed by atoms with Gasteiger partial charge < -0.3 is 10.1 Å². The highest BCUT2D eigenvalue weighted by molar-refractivity contribution is 5.95. The topological polar surface area (TPSA) is 63.6 Å². The van der Waals surface area contributed by atoms with Crippen LogP contribution in [0.25, 0.3) is 16.5 Å². The Bertz CT molecular complexity index is 1300. The smallest absolute Gasteiger partial charge is 0.263 e. The number of likely N-dealkylation sites (tertiary alicyclic amines) is 1. The second-order valence-electron chi connectivity index (χ2n) is 9.22. The molecule has 1 amide bonds. The summed E-state index contributed by atoms with van der Waals surface area (Å²) in [5, 5.41) is 4.23. The van der Waals surface area contributed by atoms with Crippen LogP contribution in [-0.4, -0.2) is 53.6 Å². The summed E-state index contributed by atoms with van der Waals surface area (Å²) in [4.78, 5) is 27.6. The van der Waals surface area contributed by atoms with Gasteiger partial charge in [-0.25, -0.2) is 8.78 Å². The van der Waals surface area contributed by atoms with Gasteiger partial charge in [-0.3, -0.25) is 19.1 Å². The molecule has 1 aliphatic carbocycles. The van der Waals surface area contributed by atoms with Gasteiger partial charge in [0, 0.05) is 37.3 Å². The molecule has 5 rings (SSSR count). The standard InChI is InChI=1S/C26H27F2N3O3/c1-17-2-3-19(24(32)29-20-5-6-20)14-23(17)31-10-8-18-4-7-21(15-22(18)25(31)33)34-13-12-30-11-9-26(27,28)16-30/h2-4,7-8,10,14-15,20H,5-6,9,11-13,16H2,1H3,(H,29,32). The van der Waals surface area contributed by atoms with Gasteiger partial charge in [0.1, 0.15) is 12.4 Å². The summed E-state index contributed by atoms with van der Waals surface area (Å²) in [5.74, 6) is -2.24. The van der Waals surface area contributed by atoms with Gasteiger partial charge in [0.25, 0.3) is 17.4 Å². The third kappa shape index (κ3) is 4.82. The van der Waals surface area contributed by atoms with Gasteiger partial charge in [0.2, 0.25) is 0 Å². The summed E-state index contributed by atoms with van der Waals surface area (Å²) in [6, 6.07) is 12.7. The number of halogens is 2. The lowest BCUT2D eigenvalue weighted by Gasteiger charge is -2.16. The van der Waals surface area contributed by atoms with Crippen molar-refractivity contribution in [2.24, 2.45) is 0 Å². The Labute approximate surface area is 196 Å². The number of hydrogen-bond acceptors (Lipinski definition) is 4. The van der Waals surface area contributed by atoms with Crippen molar-refractivity contribution in [1.82, 2.24) is 14.8 Å². The van der Waals surface area contributed by atoms with Crippen molar-refractivity contribution in [3.8, 4) is 11.4 Å². The van der Waals surface area contributed by atoms with Crippen LogP contribution in [0.15, 0.2) is 53.5 Å². The first-order valence-corrected chi connectivity index (χ1v) is 11.6. The van der Waals surface area contributed by atoms with Crippen molar-refractivity contribution in [2.75, 3.05) is 26.2 Å². The molecule has 1 saturated carbocycles. The van der Waals surface area contributed by atoms with Crippen LogP contribution >= 0.6 is 0 Å². The molecule has 2 fully saturated rings. The molecule has 0 unspecified atom stereocenters. The van der Waals surface area contributed by atoms with Crippen molar-refractivity contribution < 1.29 is 18.3 Å². The fourth-order valence-corrected chi connectivity index (χ4v) is 4.29. The van der Waals surface area contributed by atoms with Crippen LogP contribution in [0.5, 0.6) is 5.75 Å². The van der Waals surface area contributed by atoms with E-state index in [1.54, 1.807) is 39.9 Å². The molecule has 2 aliphatic rings. The summed E-state index contributed by atoms with van der Waals surface area (Å²) in [6.07, 6.45) is 3.60. The normalized spacial score (nSPS) is 17.7. The zero-order chi connectivity index (χ0) is 23.9. The largest absolute Gasteiger partial charge is 0.492 e. The van der Waals surface area contributed by atoms with Gasteiger partial charge in [0.05, 0.1) is 17.6 Å². The predicted octanol–water partition coefficient (Wildman–Crippen LogP) is 3.91. The lowest BCUT2D eigenvalue weighted by atomic mass is 10.1. The summed E-state index contributed by atoms with van der Waals surface area (Å²) in [7, 11) is 0. The first kappa shape index (κ1) is 22.5. The fraction of sp³-hybridized carbons (Fsp3) is 0.385. The van der Waals surface area contributed by atoms with E-state index in [9.17, 15) is 18.4 Å². The maximum atomic E-state index is 13.4. The molecule has 1 saturated heterocycles. The van der Waals surface area contributed by atoms with E-state index in [-0.39, 0.29) is 37.1 Å². The highest BCUT2D eigenvalue weighted by atomic mass is 19.3. The molecular weight excluding hydrogens is 440 g/mol. The third-order valence-corrected chi connectivity index (χ3v) is 6.45. The lowest BCUT2D eigenvalue weighted by molar-refractivity contribution is 0.0113. The van der Waals surface area contributed by atoms with Gasteiger partial charge in [-0.05, 0) is 61.0 Å². The number of rotatable bonds is 7. The first-order valence-electron chi connectivity index (χ1n) is 11.6. The zero-order valence-electron chi connectivity index (χ0n) is 19.0. The number of benzene rings is 2. The minimum absolute atomic E-state index is 0.120. The highest BCUT2D eigenvalue weighted by Gasteiger charge is 2.37. The number of alkyl halides is 2. The Hall–Kier alpha value is -3.26. The van der Waals surface area contributed by atoms with Crippen LogP contribution in [0, 0.1) is 6.92 Å². The first-order chi connectivity index (χ1) is 16.3. The van der Waals surface area contributed by atoms with E-state index in [0.717, 1.165) is 23.8 Å². The van der Waals surface area contributed by atoms with Gasteiger partial charge in [0.15, 0.2) is 0 Å². The van der Waals surface area contributed by atoms with E-state index < -0.39 is 5.92 Å². The SMILES string of the molecule is Cc1ccc(C(=O)NC2CC2)cc1-n1ccc2ccc(OCCN3CCC(F)(F)C3)cc2c1=O. The third-order valence-electron chi connectivity index (χ3n) is 6.45. The van der Waals surface area contributed by atoms with E-state index in [0.29, 0.717) is 35.5 Å². The Balaban J connectivity index is 1.37. The van der Waals surface area contributed by atoms with Gasteiger partial charge in [-0.1, -0.05) is 12.1 Å². The molecule has 6 nitrogen and oxygen atoms in total. The van der Waals surface area contributed by atoms with Crippen LogP contribution in [0.1, 0.15) is 35.2 Å². The van der Waals surface area contributed by atoms with Crippen molar-refractivity contribution in [3.63, 3.8) is 0 Å². The molecule has 1 N–H and O–H groups in total. The molecule has 1 aromatic heterocycles. The zero-order valence-corrected chi connectivity index (χ0v) is 19.0. The summed E-state index contributed by atoms with van der Waals surface area (Å²) < 4.78 is 34.0. The molecule has 3 aromatic rings. The minimum Gasteiger partial charge on any atom is -0.492 e. The van der Waals surface area contributed by atoms with Gasteiger partial charge >= 0.3 is 0 Å². The van der Waals surface area contributed by atoms with E-state index in [1.807, 2.05) is 25.1 Å². The molecule has 34 heavy (non-hydrogen) atoms. The van der Waals surface area contributed by atoms with Crippen LogP contribution in [0.3, 0.4) is 0 Å². The second kappa shape index (κ2) is 8.83. The maximum absolute atomic E-state index is 13.4. The number of ether oxygens (including phenoxy) is 1. The van der Waals surface area contributed by atoms with Crippen LogP contribution < -0.4 is 15.6 Å². The number of aryl methyl sites for hydroxylation is 1. The molecule has 2 aromatic carbocycles. The quantitative estimate of drug-likeness (QED) is 0.572. The van der Waals surface area contributed by atoms with Crippen molar-refractivity contribution in [3.05, 3.63) is 70.1 Å². The van der Waals surface area contributed by atoms with Crippen LogP contribution in [-0.2, 0) is 0 Å². The summed E-state index contributed by atoms with van der Waals surface area (Å²) in [6.45, 7) is 2.68. The predicted molar refractivity (Wildman–Crippen MR) is 126 cm³/mol. The number of carbonyl (C=O) groups excluding carboxylic acids is 1. The van der Waals surface area contributed by atoms with E-state index in [4.69, 9.17) is 4.74 Å². The Morgan fingerprint density at radius 1 is 1.18 bits per heavy atom. The Kier molecular flexibility index (Phi) is 5.85. The number of carbonyl (C=O) groups is 1. The number of amides is 1. The summed E-state index contributed by atoms with van der Waals surface area (Å²) >= 11 is 0. The molecule has 8 heteroatoms. The lowest BCUT2D eigenvalue weighted by Crippen LogP contribution is -2.29. The minimum atomic E-state index is -2.62. The van der Waals surface area contributed by atoms with Crippen molar-refractivity contribution >= 4 is 16.7 Å². The molecule has 0 atom stereocenters. The number of nitrogens with one attached hydrogen (secondary N) is 1. The van der Waals surface area contributed by atoms with Gasteiger partial charge in [-0.2, -0.15) is 0 Å². The van der Waals surface area contributed by atoms with Crippen LogP contribution in [0.2, 0.25) is 0 Å². The Morgan fingerprint density at radius 3 is 2.74 bits per heavy atom. The van der Waals surface area contributed by atoms with E-state index in [2.05, 4.69) is 5.32 Å². The second-order valence-corrected chi connectivity index (χ2v) is 9.22. The average molecular weight is 468 g/mol. The molecule has 0 spiro atoms. The molecule has 0 radical (unpaired) electrons. The highest BCUT2D eigenvalue weighted by Crippen LogP contribution is 2.27. The molecule has 2 heterocycles. The number of fused-ring (bicyclic) bond motifs is 1. The van der Waals surface area contributed by atoms with Crippen molar-refractivity contribution in [1.29, 1.82) is 0 Å². The molecular formula is C26H27F2N3O3. The maximum Gasteiger partial charge on any atom is 0.263 e. The average Bonchev–Trinajstić information content (AvgIpc) is 3.55. The Morgan fingerprint density at radius 2 is 2.00 bits per heavy atom. The van der Waals surface area contributed by atoms with Crippen molar-refractivity contribution in [2.45, 2.75) is 38.2 Å². The summed E-state index contributed by atoms with van der Waals surface area (Å²) in [5.41, 5.74) is 1.82. The number of pyridine rings is 1. The fourth-order valence-electron chi connectivity index (χ4n) is 4.29. The van der Waals surface area contributed by atoms with Gasteiger partial charge in [-0.15, -0.1) is 0 Å². The monoisotopic (exact) mass is 467 g/mol. The molecule has 1 aliphatic heterocycles. The van der Waals surface area contributed by atoms with Crippen LogP contribution in [0.4, 0.5) is 8.78 Å². The number of aromatic nitrogens is 1.